The average Bonchev–Trinajstić information content (AvgIpc) is 3.00. The van der Waals surface area contributed by atoms with Crippen molar-refractivity contribution in [2.24, 2.45) is 0 Å². The van der Waals surface area contributed by atoms with E-state index in [0.29, 0.717) is 26.1 Å². The van der Waals surface area contributed by atoms with E-state index in [1.54, 1.807) is 0 Å². The highest BCUT2D eigenvalue weighted by Gasteiger charge is 2.54. The summed E-state index contributed by atoms with van der Waals surface area (Å²) in [4.78, 5) is 30.6. The second-order valence-corrected chi connectivity index (χ2v) is 8.20. The molecule has 0 unspecified atom stereocenters. The van der Waals surface area contributed by atoms with Crippen LogP contribution in [0.15, 0.2) is 84.9 Å². The number of nitrogens with zero attached hydrogens (tertiary/aromatic N) is 2. The fourth-order valence-corrected chi connectivity index (χ4v) is 4.81. The topological polar surface area (TPSA) is 40.6 Å². The summed E-state index contributed by atoms with van der Waals surface area (Å²) < 4.78 is 0. The van der Waals surface area contributed by atoms with Gasteiger partial charge in [-0.1, -0.05) is 78.9 Å². The normalized spacial score (nSPS) is 20.7. The molecule has 1 fully saturated rings. The van der Waals surface area contributed by atoms with E-state index in [1.165, 1.54) is 0 Å². The maximum Gasteiger partial charge on any atom is 0.238 e. The Morgan fingerprint density at radius 2 is 1.33 bits per heavy atom. The van der Waals surface area contributed by atoms with Crippen LogP contribution in [0.1, 0.15) is 29.5 Å². The van der Waals surface area contributed by atoms with E-state index < -0.39 is 5.41 Å². The summed E-state index contributed by atoms with van der Waals surface area (Å²) in [5.74, 6) is 0.107. The molecule has 150 valence electrons. The fraction of sp³-hybridized carbons (Fsp3) is 0.231. The number of likely N-dealkylation sites (tertiary alicyclic amines) is 1. The number of fused-ring (bicyclic) bond motifs is 2. The summed E-state index contributed by atoms with van der Waals surface area (Å²) in [5.41, 5.74) is 3.40. The van der Waals surface area contributed by atoms with Crippen molar-refractivity contribution >= 4 is 17.5 Å². The number of piperidine rings is 1. The van der Waals surface area contributed by atoms with Crippen LogP contribution >= 0.6 is 0 Å². The van der Waals surface area contributed by atoms with Gasteiger partial charge in [-0.2, -0.15) is 0 Å². The molecular formula is C26H24N2O2. The number of anilines is 1. The summed E-state index contributed by atoms with van der Waals surface area (Å²) in [7, 11) is 0. The predicted molar refractivity (Wildman–Crippen MR) is 117 cm³/mol. The van der Waals surface area contributed by atoms with Crippen molar-refractivity contribution in [3.05, 3.63) is 102 Å². The quantitative estimate of drug-likeness (QED) is 0.660. The third kappa shape index (κ3) is 3.09. The summed E-state index contributed by atoms with van der Waals surface area (Å²) in [6.45, 7) is 1.71. The molecule has 1 spiro atoms. The van der Waals surface area contributed by atoms with Gasteiger partial charge in [0.15, 0.2) is 0 Å². The second kappa shape index (κ2) is 7.45. The lowest BCUT2D eigenvalue weighted by Crippen LogP contribution is -2.50. The molecule has 1 atom stereocenters. The van der Waals surface area contributed by atoms with Crippen LogP contribution in [0.5, 0.6) is 0 Å². The number of para-hydroxylation sites is 1. The van der Waals surface area contributed by atoms with E-state index in [0.717, 1.165) is 22.4 Å². The monoisotopic (exact) mass is 396 g/mol. The number of carbonyl (C=O) groups is 2. The van der Waals surface area contributed by atoms with Crippen molar-refractivity contribution < 1.29 is 9.59 Å². The van der Waals surface area contributed by atoms with Gasteiger partial charge in [0.25, 0.3) is 0 Å². The fourth-order valence-electron chi connectivity index (χ4n) is 4.81. The van der Waals surface area contributed by atoms with E-state index in [-0.39, 0.29) is 18.2 Å². The molecule has 2 aliphatic rings. The van der Waals surface area contributed by atoms with Crippen LogP contribution in [0.25, 0.3) is 0 Å². The van der Waals surface area contributed by atoms with Crippen LogP contribution in [0.2, 0.25) is 0 Å². The Kier molecular flexibility index (Phi) is 4.62. The van der Waals surface area contributed by atoms with Crippen molar-refractivity contribution in [2.45, 2.75) is 31.3 Å². The highest BCUT2D eigenvalue weighted by atomic mass is 16.2. The Morgan fingerprint density at radius 3 is 2.00 bits per heavy atom. The zero-order valence-corrected chi connectivity index (χ0v) is 16.8. The maximum atomic E-state index is 13.7. The van der Waals surface area contributed by atoms with Gasteiger partial charge < -0.3 is 9.80 Å². The predicted octanol–water partition coefficient (Wildman–Crippen LogP) is 4.29. The molecular weight excluding hydrogens is 372 g/mol. The van der Waals surface area contributed by atoms with Crippen LogP contribution in [0.3, 0.4) is 0 Å². The third-order valence-corrected chi connectivity index (χ3v) is 6.38. The molecule has 1 saturated heterocycles. The lowest BCUT2D eigenvalue weighted by atomic mass is 9.73. The summed E-state index contributed by atoms with van der Waals surface area (Å²) >= 11 is 0. The van der Waals surface area contributed by atoms with E-state index in [9.17, 15) is 9.59 Å². The first-order valence-corrected chi connectivity index (χ1v) is 10.4. The molecule has 4 heteroatoms. The number of hydrogen-bond acceptors (Lipinski definition) is 2. The van der Waals surface area contributed by atoms with E-state index in [4.69, 9.17) is 0 Å². The third-order valence-electron chi connectivity index (χ3n) is 6.38. The van der Waals surface area contributed by atoms with Gasteiger partial charge in [0.05, 0.1) is 12.0 Å². The number of hydrogen-bond donors (Lipinski definition) is 0. The second-order valence-electron chi connectivity index (χ2n) is 8.20. The van der Waals surface area contributed by atoms with E-state index in [1.807, 2.05) is 94.7 Å². The summed E-state index contributed by atoms with van der Waals surface area (Å²) in [5, 5.41) is 0. The molecule has 0 aliphatic carbocycles. The van der Waals surface area contributed by atoms with Gasteiger partial charge in [-0.15, -0.1) is 0 Å². The number of carbonyl (C=O) groups excluding carboxylic acids is 2. The molecule has 2 aliphatic heterocycles. The summed E-state index contributed by atoms with van der Waals surface area (Å²) in [6, 6.07) is 28.0. The maximum absolute atomic E-state index is 13.7. The standard InChI is InChI=1S/C26H24N2O2/c29-24-17-26(15-16-27(24)18-20-9-3-1-4-10-20)22-13-7-8-14-23(22)28(25(26)30)19-21-11-5-2-6-12-21/h1-14H,15-19H2/t26-/m0/s1. The van der Waals surface area contributed by atoms with Gasteiger partial charge in [0.1, 0.15) is 0 Å². The first-order chi connectivity index (χ1) is 14.7. The average molecular weight is 396 g/mol. The zero-order chi connectivity index (χ0) is 20.6. The molecule has 2 amide bonds. The Balaban J connectivity index is 1.43. The van der Waals surface area contributed by atoms with Gasteiger partial charge in [-0.25, -0.2) is 0 Å². The van der Waals surface area contributed by atoms with Crippen LogP contribution < -0.4 is 4.90 Å². The molecule has 0 N–H and O–H groups in total. The first-order valence-electron chi connectivity index (χ1n) is 10.4. The number of amides is 2. The Labute approximate surface area is 176 Å². The Morgan fingerprint density at radius 1 is 0.733 bits per heavy atom. The highest BCUT2D eigenvalue weighted by Crippen LogP contribution is 2.48. The van der Waals surface area contributed by atoms with Crippen molar-refractivity contribution in [1.82, 2.24) is 4.90 Å². The minimum atomic E-state index is -0.740. The number of rotatable bonds is 4. The van der Waals surface area contributed by atoms with E-state index >= 15 is 0 Å². The van der Waals surface area contributed by atoms with Crippen LogP contribution in [-0.2, 0) is 28.1 Å². The largest absolute Gasteiger partial charge is 0.338 e. The SMILES string of the molecule is O=C1C[C@]2(CCN1Cc1ccccc1)C(=O)N(Cc1ccccc1)c1ccccc12. The minimum absolute atomic E-state index is 0.0508. The van der Waals surface area contributed by atoms with Gasteiger partial charge >= 0.3 is 0 Å². The number of benzene rings is 3. The van der Waals surface area contributed by atoms with Crippen molar-refractivity contribution in [3.63, 3.8) is 0 Å². The molecule has 3 aromatic rings. The molecule has 3 aromatic carbocycles. The zero-order valence-electron chi connectivity index (χ0n) is 16.8. The molecule has 5 rings (SSSR count). The summed E-state index contributed by atoms with van der Waals surface area (Å²) in [6.07, 6.45) is 0.897. The van der Waals surface area contributed by atoms with Crippen LogP contribution in [0.4, 0.5) is 5.69 Å². The molecule has 0 bridgehead atoms. The van der Waals surface area contributed by atoms with E-state index in [2.05, 4.69) is 0 Å². The molecule has 0 saturated carbocycles. The lowest BCUT2D eigenvalue weighted by molar-refractivity contribution is -0.141. The first kappa shape index (κ1) is 18.6. The molecule has 2 heterocycles. The van der Waals surface area contributed by atoms with Crippen molar-refractivity contribution in [3.8, 4) is 0 Å². The van der Waals surface area contributed by atoms with Crippen molar-refractivity contribution in [2.75, 3.05) is 11.4 Å². The molecule has 0 aromatic heterocycles. The van der Waals surface area contributed by atoms with Gasteiger partial charge in [0, 0.05) is 25.2 Å². The molecule has 4 nitrogen and oxygen atoms in total. The highest BCUT2D eigenvalue weighted by molar-refractivity contribution is 6.10. The van der Waals surface area contributed by atoms with Crippen LogP contribution in [0, 0.1) is 0 Å². The van der Waals surface area contributed by atoms with Gasteiger partial charge in [0.2, 0.25) is 11.8 Å². The van der Waals surface area contributed by atoms with Gasteiger partial charge in [-0.3, -0.25) is 9.59 Å². The van der Waals surface area contributed by atoms with Gasteiger partial charge in [-0.05, 0) is 29.2 Å². The van der Waals surface area contributed by atoms with Crippen molar-refractivity contribution in [1.29, 1.82) is 0 Å². The Bertz CT molecular complexity index is 1080. The molecule has 0 radical (unpaired) electrons. The Hall–Kier alpha value is -3.40. The lowest BCUT2D eigenvalue weighted by Gasteiger charge is -2.38. The molecule has 30 heavy (non-hydrogen) atoms. The van der Waals surface area contributed by atoms with Crippen LogP contribution in [-0.4, -0.2) is 23.3 Å². The smallest absolute Gasteiger partial charge is 0.238 e. The minimum Gasteiger partial charge on any atom is -0.338 e.